The third-order valence-electron chi connectivity index (χ3n) is 6.78. The van der Waals surface area contributed by atoms with Crippen molar-refractivity contribution in [3.8, 4) is 0 Å². The van der Waals surface area contributed by atoms with Crippen LogP contribution in [-0.4, -0.2) is 49.8 Å². The Morgan fingerprint density at radius 3 is 2.50 bits per heavy atom. The van der Waals surface area contributed by atoms with Gasteiger partial charge in [0.15, 0.2) is 5.96 Å². The molecule has 0 amide bonds. The maximum atomic E-state index is 5.68. The molecular formula is C27H38IN5O. The predicted molar refractivity (Wildman–Crippen MR) is 152 cm³/mol. The topological polar surface area (TPSA) is 73.5 Å². The third-order valence-corrected chi connectivity index (χ3v) is 6.78. The van der Waals surface area contributed by atoms with Gasteiger partial charge in [-0.25, -0.2) is 0 Å². The molecule has 0 saturated carbocycles. The standard InChI is InChI=1S/C27H37N5O.HI/c1-20(22-9-5-4-6-10-22)32-27(14-17-33-18-15-27)19-30-26(28-3)29-16-13-23-21(2)31-25-12-8-7-11-24(23)25;/h4-12,20,31-32H,13-19H2,1-3H3,(H2,28,29,30);1H. The van der Waals surface area contributed by atoms with Gasteiger partial charge in [-0.2, -0.15) is 0 Å². The molecule has 6 nitrogen and oxygen atoms in total. The van der Waals surface area contributed by atoms with Crippen LogP contribution in [-0.2, 0) is 11.2 Å². The number of nitrogens with zero attached hydrogens (tertiary/aromatic N) is 1. The van der Waals surface area contributed by atoms with Crippen LogP contribution in [0.2, 0.25) is 0 Å². The SMILES string of the molecule is CN=C(NCCc1c(C)[nH]c2ccccc12)NCC1(NC(C)c2ccccc2)CCOCC1.I. The van der Waals surface area contributed by atoms with Gasteiger partial charge in [0.05, 0.1) is 0 Å². The van der Waals surface area contributed by atoms with E-state index in [0.717, 1.165) is 51.5 Å². The van der Waals surface area contributed by atoms with Gasteiger partial charge in [0.2, 0.25) is 0 Å². The quantitative estimate of drug-likeness (QED) is 0.179. The number of fused-ring (bicyclic) bond motifs is 1. The van der Waals surface area contributed by atoms with Crippen LogP contribution in [0.4, 0.5) is 0 Å². The first kappa shape index (κ1) is 26.5. The number of aryl methyl sites for hydroxylation is 1. The highest BCUT2D eigenvalue weighted by atomic mass is 127. The first-order valence-corrected chi connectivity index (χ1v) is 12.0. The average Bonchev–Trinajstić information content (AvgIpc) is 3.17. The minimum Gasteiger partial charge on any atom is -0.381 e. The molecule has 34 heavy (non-hydrogen) atoms. The van der Waals surface area contributed by atoms with Crippen LogP contribution >= 0.6 is 24.0 Å². The van der Waals surface area contributed by atoms with E-state index in [1.54, 1.807) is 0 Å². The summed E-state index contributed by atoms with van der Waals surface area (Å²) in [6.45, 7) is 7.58. The number of aliphatic imine (C=N–C) groups is 1. The number of benzene rings is 2. The van der Waals surface area contributed by atoms with Crippen molar-refractivity contribution in [3.63, 3.8) is 0 Å². The summed E-state index contributed by atoms with van der Waals surface area (Å²) in [4.78, 5) is 7.96. The molecule has 4 N–H and O–H groups in total. The number of aromatic amines is 1. The predicted octanol–water partition coefficient (Wildman–Crippen LogP) is 4.70. The van der Waals surface area contributed by atoms with Gasteiger partial charge in [-0.3, -0.25) is 4.99 Å². The zero-order chi connectivity index (χ0) is 23.1. The van der Waals surface area contributed by atoms with E-state index in [2.05, 4.69) is 94.4 Å². The van der Waals surface area contributed by atoms with E-state index in [1.807, 2.05) is 7.05 Å². The number of hydrogen-bond acceptors (Lipinski definition) is 3. The summed E-state index contributed by atoms with van der Waals surface area (Å²) in [5.74, 6) is 0.840. The van der Waals surface area contributed by atoms with E-state index < -0.39 is 0 Å². The molecule has 1 saturated heterocycles. The van der Waals surface area contributed by atoms with Gasteiger partial charge in [-0.05, 0) is 50.3 Å². The summed E-state index contributed by atoms with van der Waals surface area (Å²) in [5, 5.41) is 12.3. The molecule has 1 aliphatic heterocycles. The van der Waals surface area contributed by atoms with Crippen LogP contribution in [0.3, 0.4) is 0 Å². The fraction of sp³-hybridized carbons (Fsp3) is 0.444. The van der Waals surface area contributed by atoms with Crippen LogP contribution in [0.15, 0.2) is 59.6 Å². The summed E-state index contributed by atoms with van der Waals surface area (Å²) < 4.78 is 5.68. The molecule has 1 fully saturated rings. The molecule has 0 bridgehead atoms. The van der Waals surface area contributed by atoms with E-state index in [0.29, 0.717) is 0 Å². The molecule has 1 unspecified atom stereocenters. The Labute approximate surface area is 220 Å². The number of aromatic nitrogens is 1. The van der Waals surface area contributed by atoms with Crippen molar-refractivity contribution < 1.29 is 4.74 Å². The van der Waals surface area contributed by atoms with Gasteiger partial charge < -0.3 is 25.7 Å². The highest BCUT2D eigenvalue weighted by Gasteiger charge is 2.34. The summed E-state index contributed by atoms with van der Waals surface area (Å²) in [6.07, 6.45) is 2.89. The van der Waals surface area contributed by atoms with Gasteiger partial charge in [-0.1, -0.05) is 48.5 Å². The van der Waals surface area contributed by atoms with Crippen LogP contribution < -0.4 is 16.0 Å². The molecule has 1 aliphatic rings. The van der Waals surface area contributed by atoms with Crippen molar-refractivity contribution in [1.82, 2.24) is 20.9 Å². The lowest BCUT2D eigenvalue weighted by Crippen LogP contribution is -2.58. The molecule has 1 aromatic heterocycles. The third kappa shape index (κ3) is 6.52. The van der Waals surface area contributed by atoms with Crippen molar-refractivity contribution in [2.24, 2.45) is 4.99 Å². The first-order chi connectivity index (χ1) is 16.1. The summed E-state index contributed by atoms with van der Waals surface area (Å²) >= 11 is 0. The van der Waals surface area contributed by atoms with Gasteiger partial charge in [0.25, 0.3) is 0 Å². The molecule has 184 valence electrons. The molecule has 2 heterocycles. The van der Waals surface area contributed by atoms with Crippen molar-refractivity contribution in [2.45, 2.75) is 44.7 Å². The molecule has 0 aliphatic carbocycles. The Hall–Kier alpha value is -2.10. The summed E-state index contributed by atoms with van der Waals surface area (Å²) in [5.41, 5.74) is 5.08. The van der Waals surface area contributed by atoms with E-state index in [-0.39, 0.29) is 35.6 Å². The zero-order valence-corrected chi connectivity index (χ0v) is 22.8. The fourth-order valence-electron chi connectivity index (χ4n) is 4.85. The number of ether oxygens (including phenoxy) is 1. The van der Waals surface area contributed by atoms with Gasteiger partial charge >= 0.3 is 0 Å². The number of halogens is 1. The van der Waals surface area contributed by atoms with Crippen molar-refractivity contribution >= 4 is 40.8 Å². The van der Waals surface area contributed by atoms with E-state index in [1.165, 1.54) is 27.7 Å². The minimum atomic E-state index is -0.0292. The Balaban J connectivity index is 0.00000324. The Morgan fingerprint density at radius 1 is 1.06 bits per heavy atom. The molecule has 2 aromatic carbocycles. The summed E-state index contributed by atoms with van der Waals surface area (Å²) in [6, 6.07) is 19.4. The van der Waals surface area contributed by atoms with Crippen LogP contribution in [0.25, 0.3) is 10.9 Å². The molecule has 3 aromatic rings. The minimum absolute atomic E-state index is 0. The van der Waals surface area contributed by atoms with Crippen LogP contribution in [0, 0.1) is 6.92 Å². The molecule has 7 heteroatoms. The Morgan fingerprint density at radius 2 is 1.76 bits per heavy atom. The van der Waals surface area contributed by atoms with Gasteiger partial charge in [-0.15, -0.1) is 24.0 Å². The highest BCUT2D eigenvalue weighted by molar-refractivity contribution is 14.0. The number of guanidine groups is 1. The van der Waals surface area contributed by atoms with Gasteiger partial charge in [0.1, 0.15) is 0 Å². The monoisotopic (exact) mass is 575 g/mol. The second kappa shape index (κ2) is 12.6. The maximum absolute atomic E-state index is 5.68. The number of rotatable bonds is 8. The largest absolute Gasteiger partial charge is 0.381 e. The lowest BCUT2D eigenvalue weighted by Gasteiger charge is -2.41. The maximum Gasteiger partial charge on any atom is 0.191 e. The van der Waals surface area contributed by atoms with Crippen molar-refractivity contribution in [3.05, 3.63) is 71.4 Å². The Bertz CT molecular complexity index is 1060. The smallest absolute Gasteiger partial charge is 0.191 e. The molecule has 4 rings (SSSR count). The van der Waals surface area contributed by atoms with Gasteiger partial charge in [0, 0.05) is 61.5 Å². The number of hydrogen-bond donors (Lipinski definition) is 4. The second-order valence-electron chi connectivity index (χ2n) is 9.05. The lowest BCUT2D eigenvalue weighted by atomic mass is 9.88. The first-order valence-electron chi connectivity index (χ1n) is 12.0. The molecule has 0 radical (unpaired) electrons. The van der Waals surface area contributed by atoms with Crippen LogP contribution in [0.5, 0.6) is 0 Å². The Kier molecular flexibility index (Phi) is 9.79. The second-order valence-corrected chi connectivity index (χ2v) is 9.05. The highest BCUT2D eigenvalue weighted by Crippen LogP contribution is 2.25. The number of H-pyrrole nitrogens is 1. The molecule has 1 atom stereocenters. The van der Waals surface area contributed by atoms with Crippen LogP contribution in [0.1, 0.15) is 42.6 Å². The number of nitrogens with one attached hydrogen (secondary N) is 4. The average molecular weight is 576 g/mol. The lowest BCUT2D eigenvalue weighted by molar-refractivity contribution is 0.0355. The fourth-order valence-corrected chi connectivity index (χ4v) is 4.85. The van der Waals surface area contributed by atoms with Crippen molar-refractivity contribution in [2.75, 3.05) is 33.4 Å². The normalized spacial score (nSPS) is 16.6. The zero-order valence-electron chi connectivity index (χ0n) is 20.5. The summed E-state index contributed by atoms with van der Waals surface area (Å²) in [7, 11) is 1.84. The molecule has 0 spiro atoms. The number of para-hydroxylation sites is 1. The van der Waals surface area contributed by atoms with Crippen molar-refractivity contribution in [1.29, 1.82) is 0 Å². The molecular weight excluding hydrogens is 537 g/mol. The van der Waals surface area contributed by atoms with E-state index in [9.17, 15) is 0 Å². The van der Waals surface area contributed by atoms with E-state index >= 15 is 0 Å². The van der Waals surface area contributed by atoms with E-state index in [4.69, 9.17) is 4.74 Å².